The first kappa shape index (κ1) is 14.9. The topological polar surface area (TPSA) is 18.5 Å². The molecule has 0 aromatic rings. The Hall–Kier alpha value is -0.540. The lowest BCUT2D eigenvalue weighted by molar-refractivity contribution is 0.138. The molecule has 3 heteroatoms. The van der Waals surface area contributed by atoms with Crippen molar-refractivity contribution < 1.29 is 0 Å². The third-order valence-electron chi connectivity index (χ3n) is 4.71. The molecule has 0 aromatic heterocycles. The van der Waals surface area contributed by atoms with Crippen LogP contribution in [0.2, 0.25) is 0 Å². The van der Waals surface area contributed by atoms with Gasteiger partial charge in [-0.15, -0.1) is 0 Å². The normalized spacial score (nSPS) is 24.7. The number of hydrogen-bond donors (Lipinski definition) is 1. The summed E-state index contributed by atoms with van der Waals surface area (Å²) in [5.74, 6) is 0. The molecule has 2 rings (SSSR count). The number of nitrogens with zero attached hydrogens (tertiary/aromatic N) is 2. The molecule has 1 saturated carbocycles. The summed E-state index contributed by atoms with van der Waals surface area (Å²) in [6, 6.07) is 0.530. The molecule has 3 nitrogen and oxygen atoms in total. The summed E-state index contributed by atoms with van der Waals surface area (Å²) in [7, 11) is 2.21. The molecule has 2 fully saturated rings. The van der Waals surface area contributed by atoms with Gasteiger partial charge in [0.1, 0.15) is 0 Å². The Morgan fingerprint density at radius 1 is 1.05 bits per heavy atom. The van der Waals surface area contributed by atoms with Crippen LogP contribution in [0.1, 0.15) is 46.0 Å². The van der Waals surface area contributed by atoms with Crippen LogP contribution in [-0.2, 0) is 0 Å². The number of hydrogen-bond acceptors (Lipinski definition) is 3. The molecule has 1 aliphatic carbocycles. The van der Waals surface area contributed by atoms with Gasteiger partial charge in [0.05, 0.1) is 5.54 Å². The van der Waals surface area contributed by atoms with Crippen LogP contribution in [0.15, 0.2) is 12.3 Å². The number of piperazine rings is 1. The zero-order chi connectivity index (χ0) is 13.9. The standard InChI is InChI=1S/C16H31N3/c1-14(2)17-16(8-6-5-7-9-16)15(3)19-12-10-18(4)11-13-19/h14,17H,3,5-13H2,1-2,4H3. The van der Waals surface area contributed by atoms with Gasteiger partial charge in [-0.2, -0.15) is 0 Å². The second-order valence-corrected chi connectivity index (χ2v) is 6.68. The smallest absolute Gasteiger partial charge is 0.0581 e. The molecule has 110 valence electrons. The van der Waals surface area contributed by atoms with Crippen molar-refractivity contribution in [2.45, 2.75) is 57.5 Å². The van der Waals surface area contributed by atoms with Crippen LogP contribution in [0, 0.1) is 0 Å². The number of rotatable bonds is 4. The van der Waals surface area contributed by atoms with Crippen LogP contribution in [0.3, 0.4) is 0 Å². The molecule has 0 amide bonds. The highest BCUT2D eigenvalue weighted by Gasteiger charge is 2.37. The van der Waals surface area contributed by atoms with Gasteiger partial charge < -0.3 is 15.1 Å². The summed E-state index contributed by atoms with van der Waals surface area (Å²) < 4.78 is 0. The van der Waals surface area contributed by atoms with E-state index in [1.165, 1.54) is 37.8 Å². The summed E-state index contributed by atoms with van der Waals surface area (Å²) in [4.78, 5) is 4.94. The summed E-state index contributed by atoms with van der Waals surface area (Å²) in [6.45, 7) is 13.6. The molecule has 0 aromatic carbocycles. The summed E-state index contributed by atoms with van der Waals surface area (Å²) in [5.41, 5.74) is 1.52. The van der Waals surface area contributed by atoms with Gasteiger partial charge >= 0.3 is 0 Å². The van der Waals surface area contributed by atoms with Gasteiger partial charge in [0.2, 0.25) is 0 Å². The molecule has 0 radical (unpaired) electrons. The Morgan fingerprint density at radius 2 is 1.63 bits per heavy atom. The maximum absolute atomic E-state index is 4.50. The zero-order valence-electron chi connectivity index (χ0n) is 13.0. The van der Waals surface area contributed by atoms with Crippen LogP contribution in [0.5, 0.6) is 0 Å². The fourth-order valence-corrected chi connectivity index (χ4v) is 3.60. The molecule has 1 N–H and O–H groups in total. The lowest BCUT2D eigenvalue weighted by atomic mass is 9.78. The van der Waals surface area contributed by atoms with E-state index in [4.69, 9.17) is 0 Å². The summed E-state index contributed by atoms with van der Waals surface area (Å²) >= 11 is 0. The molecule has 2 aliphatic rings. The second kappa shape index (κ2) is 6.27. The van der Waals surface area contributed by atoms with E-state index in [1.54, 1.807) is 0 Å². The fraction of sp³-hybridized carbons (Fsp3) is 0.875. The number of nitrogens with one attached hydrogen (secondary N) is 1. The maximum Gasteiger partial charge on any atom is 0.0581 e. The van der Waals surface area contributed by atoms with Crippen molar-refractivity contribution in [3.8, 4) is 0 Å². The molecule has 1 aliphatic heterocycles. The first-order valence-electron chi connectivity index (χ1n) is 7.94. The Labute approximate surface area is 119 Å². The summed E-state index contributed by atoms with van der Waals surface area (Å²) in [5, 5.41) is 3.85. The van der Waals surface area contributed by atoms with Crippen molar-refractivity contribution in [1.29, 1.82) is 0 Å². The van der Waals surface area contributed by atoms with Gasteiger partial charge in [-0.1, -0.05) is 25.8 Å². The molecule has 0 atom stereocenters. The van der Waals surface area contributed by atoms with E-state index in [0.29, 0.717) is 6.04 Å². The minimum atomic E-state index is 0.169. The SMILES string of the molecule is C=C(N1CCN(C)CC1)C1(NC(C)C)CCCCC1. The first-order chi connectivity index (χ1) is 9.03. The Bertz CT molecular complexity index is 297. The van der Waals surface area contributed by atoms with Crippen molar-refractivity contribution in [3.05, 3.63) is 12.3 Å². The van der Waals surface area contributed by atoms with Crippen molar-refractivity contribution in [2.75, 3.05) is 33.2 Å². The van der Waals surface area contributed by atoms with Gasteiger partial charge in [0.25, 0.3) is 0 Å². The Kier molecular flexibility index (Phi) is 4.91. The van der Waals surface area contributed by atoms with E-state index in [9.17, 15) is 0 Å². The van der Waals surface area contributed by atoms with Crippen molar-refractivity contribution >= 4 is 0 Å². The van der Waals surface area contributed by atoms with Crippen LogP contribution in [0.4, 0.5) is 0 Å². The van der Waals surface area contributed by atoms with E-state index < -0.39 is 0 Å². The monoisotopic (exact) mass is 265 g/mol. The molecule has 0 spiro atoms. The Balaban J connectivity index is 2.06. The maximum atomic E-state index is 4.50. The van der Waals surface area contributed by atoms with Crippen molar-refractivity contribution in [2.24, 2.45) is 0 Å². The molecule has 1 saturated heterocycles. The van der Waals surface area contributed by atoms with E-state index in [2.05, 4.69) is 42.6 Å². The van der Waals surface area contributed by atoms with Crippen LogP contribution in [0.25, 0.3) is 0 Å². The lowest BCUT2D eigenvalue weighted by Crippen LogP contribution is -2.57. The average molecular weight is 265 g/mol. The van der Waals surface area contributed by atoms with Crippen LogP contribution >= 0.6 is 0 Å². The minimum absolute atomic E-state index is 0.169. The Morgan fingerprint density at radius 3 is 2.16 bits per heavy atom. The quantitative estimate of drug-likeness (QED) is 0.842. The van der Waals surface area contributed by atoms with Gasteiger partial charge in [0, 0.05) is 37.9 Å². The third-order valence-corrected chi connectivity index (χ3v) is 4.71. The third kappa shape index (κ3) is 3.51. The van der Waals surface area contributed by atoms with Gasteiger partial charge in [-0.25, -0.2) is 0 Å². The molecule has 0 unspecified atom stereocenters. The average Bonchev–Trinajstić information content (AvgIpc) is 2.39. The molecule has 0 bridgehead atoms. The highest BCUT2D eigenvalue weighted by atomic mass is 15.3. The minimum Gasteiger partial charge on any atom is -0.371 e. The van der Waals surface area contributed by atoms with E-state index in [1.807, 2.05) is 0 Å². The fourth-order valence-electron chi connectivity index (χ4n) is 3.60. The second-order valence-electron chi connectivity index (χ2n) is 6.68. The summed E-state index contributed by atoms with van der Waals surface area (Å²) in [6.07, 6.45) is 6.59. The zero-order valence-corrected chi connectivity index (χ0v) is 13.0. The van der Waals surface area contributed by atoms with Crippen molar-refractivity contribution in [3.63, 3.8) is 0 Å². The molecule has 19 heavy (non-hydrogen) atoms. The largest absolute Gasteiger partial charge is 0.371 e. The molecular formula is C16H31N3. The number of likely N-dealkylation sites (N-methyl/N-ethyl adjacent to an activating group) is 1. The molecule has 1 heterocycles. The predicted molar refractivity (Wildman–Crippen MR) is 82.3 cm³/mol. The predicted octanol–water partition coefficient (Wildman–Crippen LogP) is 2.45. The first-order valence-corrected chi connectivity index (χ1v) is 7.94. The van der Waals surface area contributed by atoms with Crippen molar-refractivity contribution in [1.82, 2.24) is 15.1 Å². The van der Waals surface area contributed by atoms with Crippen LogP contribution < -0.4 is 5.32 Å². The molecular weight excluding hydrogens is 234 g/mol. The van der Waals surface area contributed by atoms with Gasteiger partial charge in [-0.05, 0) is 33.7 Å². The van der Waals surface area contributed by atoms with Gasteiger partial charge in [-0.3, -0.25) is 0 Å². The van der Waals surface area contributed by atoms with E-state index in [-0.39, 0.29) is 5.54 Å². The van der Waals surface area contributed by atoms with Crippen LogP contribution in [-0.4, -0.2) is 54.6 Å². The lowest BCUT2D eigenvalue weighted by Gasteiger charge is -2.47. The van der Waals surface area contributed by atoms with E-state index >= 15 is 0 Å². The van der Waals surface area contributed by atoms with E-state index in [0.717, 1.165) is 26.2 Å². The van der Waals surface area contributed by atoms with Gasteiger partial charge in [0.15, 0.2) is 0 Å². The highest BCUT2D eigenvalue weighted by Crippen LogP contribution is 2.35. The highest BCUT2D eigenvalue weighted by molar-refractivity contribution is 5.18.